The molecule has 3 heteroatoms. The SMILES string of the molecule is O=C(NC(C1CC1)C(O)c1ccccc1)c1ccccc1. The summed E-state index contributed by atoms with van der Waals surface area (Å²) in [4.78, 5) is 12.3. The van der Waals surface area contributed by atoms with Crippen molar-refractivity contribution in [1.29, 1.82) is 0 Å². The summed E-state index contributed by atoms with van der Waals surface area (Å²) in [6.45, 7) is 0. The Kier molecular flexibility index (Phi) is 4.02. The van der Waals surface area contributed by atoms with Gasteiger partial charge < -0.3 is 10.4 Å². The number of benzene rings is 2. The summed E-state index contributed by atoms with van der Waals surface area (Å²) < 4.78 is 0. The molecule has 108 valence electrons. The van der Waals surface area contributed by atoms with Gasteiger partial charge in [0.1, 0.15) is 0 Å². The summed E-state index contributed by atoms with van der Waals surface area (Å²) in [5.74, 6) is 0.246. The molecule has 21 heavy (non-hydrogen) atoms. The fraction of sp³-hybridized carbons (Fsp3) is 0.278. The van der Waals surface area contributed by atoms with Crippen LogP contribution in [0.15, 0.2) is 60.7 Å². The van der Waals surface area contributed by atoms with Gasteiger partial charge in [-0.15, -0.1) is 0 Å². The topological polar surface area (TPSA) is 49.3 Å². The van der Waals surface area contributed by atoms with Gasteiger partial charge >= 0.3 is 0 Å². The molecule has 3 rings (SSSR count). The minimum Gasteiger partial charge on any atom is -0.386 e. The first kappa shape index (κ1) is 13.8. The van der Waals surface area contributed by atoms with Crippen LogP contribution in [0.3, 0.4) is 0 Å². The maximum atomic E-state index is 12.3. The molecule has 0 aromatic heterocycles. The minimum absolute atomic E-state index is 0.123. The van der Waals surface area contributed by atoms with Crippen molar-refractivity contribution in [2.75, 3.05) is 0 Å². The van der Waals surface area contributed by atoms with E-state index < -0.39 is 6.10 Å². The molecule has 0 heterocycles. The maximum Gasteiger partial charge on any atom is 0.251 e. The van der Waals surface area contributed by atoms with E-state index in [0.717, 1.165) is 18.4 Å². The molecule has 0 saturated heterocycles. The van der Waals surface area contributed by atoms with E-state index in [2.05, 4.69) is 5.32 Å². The van der Waals surface area contributed by atoms with Crippen LogP contribution in [0.1, 0.15) is 34.9 Å². The van der Waals surface area contributed by atoms with Gasteiger partial charge in [-0.05, 0) is 36.5 Å². The van der Waals surface area contributed by atoms with Crippen LogP contribution in [0.2, 0.25) is 0 Å². The molecule has 0 radical (unpaired) electrons. The summed E-state index contributed by atoms with van der Waals surface area (Å²) >= 11 is 0. The number of carbonyl (C=O) groups excluding carboxylic acids is 1. The maximum absolute atomic E-state index is 12.3. The van der Waals surface area contributed by atoms with Crippen LogP contribution in [0.4, 0.5) is 0 Å². The third kappa shape index (κ3) is 3.31. The number of aliphatic hydroxyl groups excluding tert-OH is 1. The Hall–Kier alpha value is -2.13. The van der Waals surface area contributed by atoms with Crippen LogP contribution in [-0.4, -0.2) is 17.1 Å². The summed E-state index contributed by atoms with van der Waals surface area (Å²) in [6, 6.07) is 18.4. The standard InChI is InChI=1S/C18H19NO2/c20-17(14-7-3-1-4-8-14)16(13-11-12-13)19-18(21)15-9-5-2-6-10-15/h1-10,13,16-17,20H,11-12H2,(H,19,21). The molecule has 1 amide bonds. The van der Waals surface area contributed by atoms with Crippen molar-refractivity contribution >= 4 is 5.91 Å². The van der Waals surface area contributed by atoms with E-state index in [1.54, 1.807) is 12.1 Å². The highest BCUT2D eigenvalue weighted by atomic mass is 16.3. The molecule has 0 spiro atoms. The first-order valence-corrected chi connectivity index (χ1v) is 7.34. The van der Waals surface area contributed by atoms with Crippen molar-refractivity contribution in [3.05, 3.63) is 71.8 Å². The lowest BCUT2D eigenvalue weighted by molar-refractivity contribution is 0.0802. The molecule has 2 aromatic carbocycles. The molecule has 1 aliphatic rings. The van der Waals surface area contributed by atoms with Crippen molar-refractivity contribution in [2.45, 2.75) is 25.0 Å². The van der Waals surface area contributed by atoms with Crippen LogP contribution < -0.4 is 5.32 Å². The lowest BCUT2D eigenvalue weighted by atomic mass is 9.98. The summed E-state index contributed by atoms with van der Waals surface area (Å²) in [7, 11) is 0. The Bertz CT molecular complexity index is 593. The van der Waals surface area contributed by atoms with Crippen molar-refractivity contribution in [3.8, 4) is 0 Å². The Balaban J connectivity index is 1.75. The van der Waals surface area contributed by atoms with Crippen LogP contribution in [0.5, 0.6) is 0 Å². The van der Waals surface area contributed by atoms with Crippen molar-refractivity contribution in [2.24, 2.45) is 5.92 Å². The van der Waals surface area contributed by atoms with E-state index in [9.17, 15) is 9.90 Å². The number of amides is 1. The van der Waals surface area contributed by atoms with Crippen LogP contribution >= 0.6 is 0 Å². The fourth-order valence-electron chi connectivity index (χ4n) is 2.59. The molecule has 1 aliphatic carbocycles. The van der Waals surface area contributed by atoms with E-state index in [4.69, 9.17) is 0 Å². The third-order valence-corrected chi connectivity index (χ3v) is 3.94. The predicted molar refractivity (Wildman–Crippen MR) is 81.8 cm³/mol. The molecule has 2 N–H and O–H groups in total. The second-order valence-corrected chi connectivity index (χ2v) is 5.56. The van der Waals surface area contributed by atoms with Crippen LogP contribution in [-0.2, 0) is 0 Å². The molecule has 0 bridgehead atoms. The Labute approximate surface area is 124 Å². The third-order valence-electron chi connectivity index (χ3n) is 3.94. The highest BCUT2D eigenvalue weighted by Gasteiger charge is 2.37. The average Bonchev–Trinajstić information content (AvgIpc) is 3.38. The van der Waals surface area contributed by atoms with Gasteiger partial charge in [-0.3, -0.25) is 4.79 Å². The normalized spacial score (nSPS) is 17.0. The Morgan fingerprint density at radius 3 is 2.14 bits per heavy atom. The zero-order chi connectivity index (χ0) is 14.7. The van der Waals surface area contributed by atoms with Gasteiger partial charge in [0.25, 0.3) is 5.91 Å². The lowest BCUT2D eigenvalue weighted by Gasteiger charge is -2.24. The molecule has 1 fully saturated rings. The van der Waals surface area contributed by atoms with Gasteiger partial charge in [0.05, 0.1) is 12.1 Å². The zero-order valence-corrected chi connectivity index (χ0v) is 11.8. The van der Waals surface area contributed by atoms with Gasteiger partial charge in [-0.1, -0.05) is 48.5 Å². The zero-order valence-electron chi connectivity index (χ0n) is 11.8. The smallest absolute Gasteiger partial charge is 0.251 e. The quantitative estimate of drug-likeness (QED) is 0.885. The first-order valence-electron chi connectivity index (χ1n) is 7.34. The number of nitrogens with one attached hydrogen (secondary N) is 1. The van der Waals surface area contributed by atoms with Crippen LogP contribution in [0, 0.1) is 5.92 Å². The van der Waals surface area contributed by atoms with Crippen molar-refractivity contribution in [1.82, 2.24) is 5.32 Å². The number of rotatable bonds is 5. The minimum atomic E-state index is -0.661. The monoisotopic (exact) mass is 281 g/mol. The first-order chi connectivity index (χ1) is 10.3. The van der Waals surface area contributed by atoms with Crippen molar-refractivity contribution in [3.63, 3.8) is 0 Å². The largest absolute Gasteiger partial charge is 0.386 e. The molecule has 3 nitrogen and oxygen atoms in total. The van der Waals surface area contributed by atoms with Crippen molar-refractivity contribution < 1.29 is 9.90 Å². The molecular formula is C18H19NO2. The molecular weight excluding hydrogens is 262 g/mol. The number of hydrogen-bond acceptors (Lipinski definition) is 2. The van der Waals surface area contributed by atoms with Gasteiger partial charge in [0.15, 0.2) is 0 Å². The van der Waals surface area contributed by atoms with Gasteiger partial charge in [-0.2, -0.15) is 0 Å². The van der Waals surface area contributed by atoms with Gasteiger partial charge in [0.2, 0.25) is 0 Å². The predicted octanol–water partition coefficient (Wildman–Crippen LogP) is 2.93. The second kappa shape index (κ2) is 6.10. The highest BCUT2D eigenvalue weighted by molar-refractivity contribution is 5.94. The Morgan fingerprint density at radius 2 is 1.57 bits per heavy atom. The molecule has 2 atom stereocenters. The molecule has 1 saturated carbocycles. The highest BCUT2D eigenvalue weighted by Crippen LogP contribution is 2.38. The van der Waals surface area contributed by atoms with E-state index in [1.165, 1.54) is 0 Å². The molecule has 0 aliphatic heterocycles. The van der Waals surface area contributed by atoms with Gasteiger partial charge in [0, 0.05) is 5.56 Å². The molecule has 2 unspecified atom stereocenters. The molecule has 2 aromatic rings. The Morgan fingerprint density at radius 1 is 1.00 bits per heavy atom. The van der Waals surface area contributed by atoms with E-state index in [0.29, 0.717) is 11.5 Å². The van der Waals surface area contributed by atoms with E-state index in [1.807, 2.05) is 48.5 Å². The summed E-state index contributed by atoms with van der Waals surface area (Å²) in [5, 5.41) is 13.6. The van der Waals surface area contributed by atoms with E-state index >= 15 is 0 Å². The summed E-state index contributed by atoms with van der Waals surface area (Å²) in [6.07, 6.45) is 1.46. The number of hydrogen-bond donors (Lipinski definition) is 2. The van der Waals surface area contributed by atoms with Crippen LogP contribution in [0.25, 0.3) is 0 Å². The average molecular weight is 281 g/mol. The number of aliphatic hydroxyl groups is 1. The summed E-state index contributed by atoms with van der Waals surface area (Å²) in [5.41, 5.74) is 1.48. The number of carbonyl (C=O) groups is 1. The fourth-order valence-corrected chi connectivity index (χ4v) is 2.59. The lowest BCUT2D eigenvalue weighted by Crippen LogP contribution is -2.41. The van der Waals surface area contributed by atoms with E-state index in [-0.39, 0.29) is 11.9 Å². The second-order valence-electron chi connectivity index (χ2n) is 5.56. The van der Waals surface area contributed by atoms with Gasteiger partial charge in [-0.25, -0.2) is 0 Å².